The van der Waals surface area contributed by atoms with Crippen LogP contribution in [0.4, 0.5) is 10.2 Å². The Hall–Kier alpha value is -1.37. The Kier molecular flexibility index (Phi) is 3.54. The van der Waals surface area contributed by atoms with Gasteiger partial charge >= 0.3 is 0 Å². The fraction of sp³-hybridized carbons (Fsp3) is 0. The van der Waals surface area contributed by atoms with Gasteiger partial charge in [-0.25, -0.2) is 4.39 Å². The summed E-state index contributed by atoms with van der Waals surface area (Å²) in [7, 11) is 0. The molecule has 0 atom stereocenters. The van der Waals surface area contributed by atoms with Crippen molar-refractivity contribution in [2.45, 2.75) is 0 Å². The van der Waals surface area contributed by atoms with E-state index in [1.165, 1.54) is 17.4 Å². The van der Waals surface area contributed by atoms with Crippen LogP contribution in [-0.2, 0) is 0 Å². The fourth-order valence-electron chi connectivity index (χ4n) is 1.86. The molecule has 3 aromatic rings. The Morgan fingerprint density at radius 1 is 1.30 bits per heavy atom. The largest absolute Gasteiger partial charge is 0.380 e. The van der Waals surface area contributed by atoms with Crippen molar-refractivity contribution in [2.75, 3.05) is 5.73 Å². The van der Waals surface area contributed by atoms with Gasteiger partial charge in [-0.15, -0.1) is 11.3 Å². The highest BCUT2D eigenvalue weighted by atomic mass is 79.9. The molecule has 0 saturated heterocycles. The van der Waals surface area contributed by atoms with Crippen LogP contribution in [0, 0.1) is 5.82 Å². The van der Waals surface area contributed by atoms with Crippen LogP contribution < -0.4 is 5.73 Å². The van der Waals surface area contributed by atoms with Crippen LogP contribution >= 0.6 is 38.9 Å². The summed E-state index contributed by atoms with van der Waals surface area (Å²) in [5.41, 5.74) is 6.50. The van der Waals surface area contributed by atoms with Gasteiger partial charge in [0, 0.05) is 5.56 Å². The minimum atomic E-state index is -0.541. The zero-order valence-corrected chi connectivity index (χ0v) is 13.0. The van der Waals surface area contributed by atoms with E-state index in [0.29, 0.717) is 11.3 Å². The van der Waals surface area contributed by atoms with Gasteiger partial charge < -0.3 is 10.3 Å². The molecule has 0 radical (unpaired) electrons. The van der Waals surface area contributed by atoms with E-state index in [9.17, 15) is 4.39 Å². The van der Waals surface area contributed by atoms with Gasteiger partial charge in [0.15, 0.2) is 11.6 Å². The monoisotopic (exact) mass is 372 g/mol. The molecule has 2 N–H and O–H groups in total. The zero-order chi connectivity index (χ0) is 14.3. The molecule has 2 aromatic heterocycles. The number of halogens is 3. The number of nitrogens with zero attached hydrogens (tertiary/aromatic N) is 1. The number of anilines is 1. The third-order valence-corrected chi connectivity index (χ3v) is 4.65. The van der Waals surface area contributed by atoms with Gasteiger partial charge in [-0.3, -0.25) is 0 Å². The van der Waals surface area contributed by atoms with Crippen molar-refractivity contribution >= 4 is 44.7 Å². The molecule has 0 amide bonds. The van der Waals surface area contributed by atoms with Gasteiger partial charge in [0.25, 0.3) is 0 Å². The van der Waals surface area contributed by atoms with Gasteiger partial charge in [-0.2, -0.15) is 0 Å². The predicted molar refractivity (Wildman–Crippen MR) is 82.3 cm³/mol. The van der Waals surface area contributed by atoms with Crippen LogP contribution in [0.1, 0.15) is 0 Å². The Morgan fingerprint density at radius 3 is 2.80 bits per heavy atom. The molecule has 7 heteroatoms. The zero-order valence-electron chi connectivity index (χ0n) is 9.86. The van der Waals surface area contributed by atoms with Crippen molar-refractivity contribution in [1.82, 2.24) is 5.16 Å². The van der Waals surface area contributed by atoms with Crippen molar-refractivity contribution in [3.63, 3.8) is 0 Å². The van der Waals surface area contributed by atoms with Crippen LogP contribution in [0.5, 0.6) is 0 Å². The molecule has 0 spiro atoms. The number of aromatic nitrogens is 1. The van der Waals surface area contributed by atoms with Crippen LogP contribution in [0.2, 0.25) is 5.02 Å². The molecule has 0 unspecified atom stereocenters. The van der Waals surface area contributed by atoms with Gasteiger partial charge in [0.05, 0.1) is 19.2 Å². The average molecular weight is 374 g/mol. The van der Waals surface area contributed by atoms with E-state index in [4.69, 9.17) is 21.9 Å². The molecule has 0 fully saturated rings. The van der Waals surface area contributed by atoms with Crippen molar-refractivity contribution in [1.29, 1.82) is 0 Å². The molecule has 102 valence electrons. The van der Waals surface area contributed by atoms with Gasteiger partial charge in [-0.1, -0.05) is 28.9 Å². The standard InChI is InChI=1S/C13H7BrClFN2OS/c14-9-5-4-8(20-9)12-10(13(17)18-19-12)6-2-1-3-7(15)11(6)16/h1-5H,(H2,17,18). The van der Waals surface area contributed by atoms with E-state index in [1.54, 1.807) is 12.1 Å². The molecule has 0 aliphatic carbocycles. The number of rotatable bonds is 2. The van der Waals surface area contributed by atoms with E-state index in [0.717, 1.165) is 8.66 Å². The number of hydrogen-bond donors (Lipinski definition) is 1. The normalized spacial score (nSPS) is 10.9. The summed E-state index contributed by atoms with van der Waals surface area (Å²) in [5, 5.41) is 3.76. The Balaban J connectivity index is 2.24. The summed E-state index contributed by atoms with van der Waals surface area (Å²) in [6, 6.07) is 8.44. The number of benzene rings is 1. The van der Waals surface area contributed by atoms with E-state index in [1.807, 2.05) is 12.1 Å². The van der Waals surface area contributed by atoms with Gasteiger partial charge in [0.2, 0.25) is 0 Å². The molecular weight excluding hydrogens is 367 g/mol. The van der Waals surface area contributed by atoms with E-state index < -0.39 is 5.82 Å². The summed E-state index contributed by atoms with van der Waals surface area (Å²) >= 11 is 10.6. The minimum absolute atomic E-state index is 0.0291. The first-order valence-corrected chi connectivity index (χ1v) is 7.52. The maximum atomic E-state index is 14.2. The minimum Gasteiger partial charge on any atom is -0.380 e. The second kappa shape index (κ2) is 5.20. The summed E-state index contributed by atoms with van der Waals surface area (Å²) in [5.74, 6) is 0.0194. The molecule has 3 rings (SSSR count). The van der Waals surface area contributed by atoms with E-state index >= 15 is 0 Å². The highest BCUT2D eigenvalue weighted by Gasteiger charge is 2.22. The molecule has 2 heterocycles. The van der Waals surface area contributed by atoms with Crippen LogP contribution in [-0.4, -0.2) is 5.16 Å². The lowest BCUT2D eigenvalue weighted by atomic mass is 10.0. The molecule has 3 nitrogen and oxygen atoms in total. The Labute approximate surface area is 131 Å². The summed E-state index contributed by atoms with van der Waals surface area (Å²) in [6.07, 6.45) is 0. The molecule has 0 bridgehead atoms. The molecule has 0 aliphatic heterocycles. The third-order valence-electron chi connectivity index (χ3n) is 2.74. The Morgan fingerprint density at radius 2 is 2.10 bits per heavy atom. The highest BCUT2D eigenvalue weighted by molar-refractivity contribution is 9.11. The first-order valence-electron chi connectivity index (χ1n) is 5.53. The number of nitrogen functional groups attached to an aromatic ring is 1. The van der Waals surface area contributed by atoms with E-state index in [-0.39, 0.29) is 16.4 Å². The molecule has 20 heavy (non-hydrogen) atoms. The molecule has 0 saturated carbocycles. The van der Waals surface area contributed by atoms with Gasteiger partial charge in [0.1, 0.15) is 5.82 Å². The maximum absolute atomic E-state index is 14.2. The van der Waals surface area contributed by atoms with Crippen LogP contribution in [0.25, 0.3) is 21.8 Å². The second-order valence-electron chi connectivity index (χ2n) is 3.98. The van der Waals surface area contributed by atoms with Crippen LogP contribution in [0.3, 0.4) is 0 Å². The second-order valence-corrected chi connectivity index (χ2v) is 6.85. The quantitative estimate of drug-likeness (QED) is 0.671. The molecular formula is C13H7BrClFN2OS. The summed E-state index contributed by atoms with van der Waals surface area (Å²) < 4.78 is 20.4. The average Bonchev–Trinajstić information content (AvgIpc) is 2.99. The van der Waals surface area contributed by atoms with Crippen LogP contribution in [0.15, 0.2) is 38.6 Å². The first kappa shape index (κ1) is 13.6. The van der Waals surface area contributed by atoms with Crippen molar-refractivity contribution < 1.29 is 8.91 Å². The smallest absolute Gasteiger partial charge is 0.186 e. The lowest BCUT2D eigenvalue weighted by molar-refractivity contribution is 0.437. The fourth-order valence-corrected chi connectivity index (χ4v) is 3.41. The number of thiophene rings is 1. The number of hydrogen-bond acceptors (Lipinski definition) is 4. The van der Waals surface area contributed by atoms with E-state index in [2.05, 4.69) is 21.1 Å². The van der Waals surface area contributed by atoms with Gasteiger partial charge in [-0.05, 0) is 34.1 Å². The van der Waals surface area contributed by atoms with Crippen molar-refractivity contribution in [3.05, 3.63) is 45.0 Å². The lowest BCUT2D eigenvalue weighted by Crippen LogP contribution is -1.91. The van der Waals surface area contributed by atoms with Crippen molar-refractivity contribution in [3.8, 4) is 21.8 Å². The summed E-state index contributed by atoms with van der Waals surface area (Å²) in [4.78, 5) is 0.801. The topological polar surface area (TPSA) is 52.0 Å². The highest BCUT2D eigenvalue weighted by Crippen LogP contribution is 2.42. The third kappa shape index (κ3) is 2.24. The van der Waals surface area contributed by atoms with Crippen molar-refractivity contribution in [2.24, 2.45) is 0 Å². The summed E-state index contributed by atoms with van der Waals surface area (Å²) in [6.45, 7) is 0. The predicted octanol–water partition coefficient (Wildman–Crippen LogP) is 5.21. The first-order chi connectivity index (χ1) is 9.58. The molecule has 1 aromatic carbocycles. The lowest BCUT2D eigenvalue weighted by Gasteiger charge is -2.04. The SMILES string of the molecule is Nc1noc(-c2ccc(Br)s2)c1-c1cccc(Cl)c1F. The number of nitrogens with two attached hydrogens (primary N) is 1. The maximum Gasteiger partial charge on any atom is 0.186 e. The Bertz CT molecular complexity index is 787. The molecule has 0 aliphatic rings.